The van der Waals surface area contributed by atoms with Gasteiger partial charge in [0.2, 0.25) is 0 Å². The van der Waals surface area contributed by atoms with Crippen LogP contribution in [0.5, 0.6) is 0 Å². The summed E-state index contributed by atoms with van der Waals surface area (Å²) in [7, 11) is 2.19. The van der Waals surface area contributed by atoms with Crippen LogP contribution in [0.15, 0.2) is 54.6 Å². The van der Waals surface area contributed by atoms with Crippen LogP contribution in [-0.4, -0.2) is 65.0 Å². The van der Waals surface area contributed by atoms with Gasteiger partial charge in [-0.25, -0.2) is 0 Å². The summed E-state index contributed by atoms with van der Waals surface area (Å²) in [5, 5.41) is 6.54. The Labute approximate surface area is 235 Å². The molecule has 0 bridgehead atoms. The van der Waals surface area contributed by atoms with Crippen LogP contribution in [0.1, 0.15) is 77.0 Å². The third-order valence-electron chi connectivity index (χ3n) is 8.90. The minimum atomic E-state index is -4.30. The second-order valence-electron chi connectivity index (χ2n) is 11.6. The molecular formula is C32H41F3N4O. The normalized spacial score (nSPS) is 19.5. The highest BCUT2D eigenvalue weighted by molar-refractivity contribution is 5.77. The van der Waals surface area contributed by atoms with E-state index in [0.717, 1.165) is 62.3 Å². The largest absolute Gasteiger partial charge is 0.416 e. The van der Waals surface area contributed by atoms with Gasteiger partial charge in [0.15, 0.2) is 6.29 Å². The molecule has 2 aromatic carbocycles. The molecule has 2 aliphatic rings. The molecule has 0 aliphatic carbocycles. The molecule has 1 unspecified atom stereocenters. The van der Waals surface area contributed by atoms with Crippen LogP contribution in [0.4, 0.5) is 13.2 Å². The molecule has 0 spiro atoms. The minimum Gasteiger partial charge on any atom is -0.306 e. The molecule has 0 radical (unpaired) electrons. The third kappa shape index (κ3) is 7.02. The first-order valence-electron chi connectivity index (χ1n) is 14.1. The Morgan fingerprint density at radius 1 is 0.950 bits per heavy atom. The number of aldehydes is 1. The summed E-state index contributed by atoms with van der Waals surface area (Å²) >= 11 is 0. The number of rotatable bonds is 5. The van der Waals surface area contributed by atoms with E-state index in [9.17, 15) is 18.0 Å². The van der Waals surface area contributed by atoms with Crippen molar-refractivity contribution in [3.8, 4) is 0 Å². The number of H-pyrrole nitrogens is 1. The van der Waals surface area contributed by atoms with E-state index in [1.165, 1.54) is 30.5 Å². The highest BCUT2D eigenvalue weighted by Gasteiger charge is 2.38. The van der Waals surface area contributed by atoms with Gasteiger partial charge in [-0.3, -0.25) is 14.8 Å². The number of nitrogens with one attached hydrogen (secondary N) is 1. The van der Waals surface area contributed by atoms with E-state index in [2.05, 4.69) is 46.1 Å². The Morgan fingerprint density at radius 3 is 2.00 bits per heavy atom. The maximum absolute atomic E-state index is 13.1. The second-order valence-corrected chi connectivity index (χ2v) is 11.6. The van der Waals surface area contributed by atoms with E-state index in [0.29, 0.717) is 11.5 Å². The first-order valence-corrected chi connectivity index (χ1v) is 14.1. The molecule has 2 saturated heterocycles. The van der Waals surface area contributed by atoms with Crippen molar-refractivity contribution >= 4 is 6.29 Å². The molecule has 3 aromatic rings. The van der Waals surface area contributed by atoms with Crippen molar-refractivity contribution in [2.75, 3.05) is 33.2 Å². The zero-order valence-corrected chi connectivity index (χ0v) is 24.0. The molecule has 0 amide bonds. The van der Waals surface area contributed by atoms with Gasteiger partial charge in [0, 0.05) is 17.2 Å². The number of aryl methyl sites for hydroxylation is 2. The number of likely N-dealkylation sites (tertiary alicyclic amines) is 2. The molecule has 1 N–H and O–H groups in total. The molecule has 3 heterocycles. The number of halogens is 3. The summed E-state index contributed by atoms with van der Waals surface area (Å²) in [5.74, 6) is 0.571. The summed E-state index contributed by atoms with van der Waals surface area (Å²) in [5.41, 5.74) is 4.16. The average molecular weight is 555 g/mol. The average Bonchev–Trinajstić information content (AvgIpc) is 3.28. The van der Waals surface area contributed by atoms with Crippen molar-refractivity contribution in [2.24, 2.45) is 5.92 Å². The van der Waals surface area contributed by atoms with Crippen LogP contribution in [0.25, 0.3) is 0 Å². The lowest BCUT2D eigenvalue weighted by Gasteiger charge is -2.49. The number of aromatic amines is 1. The first-order chi connectivity index (χ1) is 19.0. The Kier molecular flexibility index (Phi) is 9.52. The highest BCUT2D eigenvalue weighted by Crippen LogP contribution is 2.41. The molecule has 8 heteroatoms. The van der Waals surface area contributed by atoms with Gasteiger partial charge < -0.3 is 4.90 Å². The van der Waals surface area contributed by atoms with Crippen LogP contribution < -0.4 is 0 Å². The molecule has 5 nitrogen and oxygen atoms in total. The number of alkyl halides is 3. The van der Waals surface area contributed by atoms with Crippen molar-refractivity contribution in [3.05, 3.63) is 88.2 Å². The zero-order valence-electron chi connectivity index (χ0n) is 24.0. The van der Waals surface area contributed by atoms with E-state index >= 15 is 0 Å². The lowest BCUT2D eigenvalue weighted by molar-refractivity contribution is -0.137. The Hall–Kier alpha value is -2.97. The summed E-state index contributed by atoms with van der Waals surface area (Å²) in [6, 6.07) is 16.1. The van der Waals surface area contributed by atoms with Crippen molar-refractivity contribution in [1.29, 1.82) is 0 Å². The lowest BCUT2D eigenvalue weighted by atomic mass is 9.75. The van der Waals surface area contributed by atoms with Crippen LogP contribution in [0.3, 0.4) is 0 Å². The molecule has 2 fully saturated rings. The Morgan fingerprint density at radius 2 is 1.52 bits per heavy atom. The number of nitrogens with zero attached hydrogens (tertiary/aromatic N) is 3. The summed E-state index contributed by atoms with van der Waals surface area (Å²) in [6.07, 6.45) is 1.08. The lowest BCUT2D eigenvalue weighted by Crippen LogP contribution is -2.55. The number of hydrogen-bond donors (Lipinski definition) is 1. The number of carbonyl (C=O) groups excluding carboxylic acids is 1. The maximum atomic E-state index is 13.1. The summed E-state index contributed by atoms with van der Waals surface area (Å²) < 4.78 is 39.2. The fraction of sp³-hybridized carbons (Fsp3) is 0.500. The fourth-order valence-corrected chi connectivity index (χ4v) is 6.20. The molecule has 5 rings (SSSR count). The standard InChI is InChI=1S/C26H33F3N2.C6H8N2O/c1-25(14-18-30(2)19-15-25)31-16-12-22(13-17-31)24(20-6-4-3-5-7-20)21-8-10-23(11-9-21)26(27,28)29;1-4-6(3-9)5(2)8-7-4/h3-11,22,24H,12-19H2,1-2H3;3H,1-2H3,(H,7,8). The maximum Gasteiger partial charge on any atom is 0.416 e. The Balaban J connectivity index is 0.000000350. The molecule has 216 valence electrons. The minimum absolute atomic E-state index is 0.135. The van der Waals surface area contributed by atoms with Crippen molar-refractivity contribution in [1.82, 2.24) is 20.0 Å². The van der Waals surface area contributed by atoms with Gasteiger partial charge in [0.25, 0.3) is 0 Å². The summed E-state index contributed by atoms with van der Waals surface area (Å²) in [4.78, 5) is 15.3. The van der Waals surface area contributed by atoms with E-state index in [1.54, 1.807) is 19.1 Å². The Bertz CT molecular complexity index is 1200. The highest BCUT2D eigenvalue weighted by atomic mass is 19.4. The number of benzene rings is 2. The van der Waals surface area contributed by atoms with E-state index in [4.69, 9.17) is 0 Å². The first kappa shape index (κ1) is 30.0. The third-order valence-corrected chi connectivity index (χ3v) is 8.90. The van der Waals surface area contributed by atoms with E-state index in [1.807, 2.05) is 25.1 Å². The molecule has 40 heavy (non-hydrogen) atoms. The van der Waals surface area contributed by atoms with Crippen LogP contribution >= 0.6 is 0 Å². The molecule has 2 aliphatic heterocycles. The van der Waals surface area contributed by atoms with Gasteiger partial charge >= 0.3 is 6.18 Å². The van der Waals surface area contributed by atoms with Gasteiger partial charge in [0.1, 0.15) is 0 Å². The monoisotopic (exact) mass is 554 g/mol. The number of aromatic nitrogens is 2. The summed E-state index contributed by atoms with van der Waals surface area (Å²) in [6.45, 7) is 10.5. The quantitative estimate of drug-likeness (QED) is 0.350. The number of piperidine rings is 2. The molecule has 1 aromatic heterocycles. The SMILES string of the molecule is CN1CCC(C)(N2CCC(C(c3ccccc3)c3ccc(C(F)(F)F)cc3)CC2)CC1.Cc1n[nH]c(C)c1C=O. The van der Waals surface area contributed by atoms with E-state index < -0.39 is 11.7 Å². The predicted molar refractivity (Wildman–Crippen MR) is 153 cm³/mol. The van der Waals surface area contributed by atoms with Gasteiger partial charge in [0.05, 0.1) is 16.8 Å². The molecule has 0 saturated carbocycles. The molecule has 1 atom stereocenters. The van der Waals surface area contributed by atoms with Crippen molar-refractivity contribution in [2.45, 2.75) is 64.1 Å². The van der Waals surface area contributed by atoms with Gasteiger partial charge in [-0.1, -0.05) is 42.5 Å². The van der Waals surface area contributed by atoms with Gasteiger partial charge in [-0.2, -0.15) is 18.3 Å². The fourth-order valence-electron chi connectivity index (χ4n) is 6.20. The topological polar surface area (TPSA) is 52.2 Å². The van der Waals surface area contributed by atoms with Gasteiger partial charge in [-0.15, -0.1) is 0 Å². The smallest absolute Gasteiger partial charge is 0.306 e. The van der Waals surface area contributed by atoms with Gasteiger partial charge in [-0.05, 0) is 109 Å². The predicted octanol–water partition coefficient (Wildman–Crippen LogP) is 6.87. The molecular weight excluding hydrogens is 513 g/mol. The number of hydrogen-bond acceptors (Lipinski definition) is 4. The van der Waals surface area contributed by atoms with Crippen molar-refractivity contribution in [3.63, 3.8) is 0 Å². The van der Waals surface area contributed by atoms with Crippen molar-refractivity contribution < 1.29 is 18.0 Å². The van der Waals surface area contributed by atoms with Crippen LogP contribution in [0, 0.1) is 19.8 Å². The van der Waals surface area contributed by atoms with Crippen LogP contribution in [-0.2, 0) is 6.18 Å². The van der Waals surface area contributed by atoms with Crippen LogP contribution in [0.2, 0.25) is 0 Å². The second kappa shape index (κ2) is 12.7. The zero-order chi connectivity index (χ0) is 28.9. The number of carbonyl (C=O) groups is 1. The van der Waals surface area contributed by atoms with E-state index in [-0.39, 0.29) is 11.5 Å².